The summed E-state index contributed by atoms with van der Waals surface area (Å²) >= 11 is 0. The highest BCUT2D eigenvalue weighted by molar-refractivity contribution is 5.81. The van der Waals surface area contributed by atoms with Crippen LogP contribution in [0.4, 0.5) is 4.39 Å². The first-order valence-electron chi connectivity index (χ1n) is 9.56. The van der Waals surface area contributed by atoms with E-state index in [2.05, 4.69) is 17.6 Å². The van der Waals surface area contributed by atoms with Crippen molar-refractivity contribution in [1.82, 2.24) is 15.5 Å². The van der Waals surface area contributed by atoms with E-state index in [0.29, 0.717) is 13.1 Å². The Balaban J connectivity index is 1.85. The third-order valence-corrected chi connectivity index (χ3v) is 5.73. The number of hydrogen-bond donors (Lipinski definition) is 2. The molecule has 25 heavy (non-hydrogen) atoms. The average Bonchev–Trinajstić information content (AvgIpc) is 3.11. The molecule has 2 saturated heterocycles. The monoisotopic (exact) mass is 347 g/mol. The zero-order chi connectivity index (χ0) is 17.8. The Morgan fingerprint density at radius 3 is 2.80 bits per heavy atom. The minimum absolute atomic E-state index is 0.0744. The third kappa shape index (κ3) is 4.04. The second-order valence-corrected chi connectivity index (χ2v) is 7.46. The van der Waals surface area contributed by atoms with Gasteiger partial charge < -0.3 is 15.5 Å². The summed E-state index contributed by atoms with van der Waals surface area (Å²) in [5.74, 6) is -0.204. The second-order valence-electron chi connectivity index (χ2n) is 7.46. The lowest BCUT2D eigenvalue weighted by Crippen LogP contribution is -2.42. The van der Waals surface area contributed by atoms with Crippen LogP contribution in [-0.2, 0) is 11.2 Å². The predicted molar refractivity (Wildman–Crippen MR) is 98.2 cm³/mol. The lowest BCUT2D eigenvalue weighted by atomic mass is 9.83. The van der Waals surface area contributed by atoms with Gasteiger partial charge in [-0.1, -0.05) is 12.1 Å². The van der Waals surface area contributed by atoms with Crippen LogP contribution < -0.4 is 10.6 Å². The van der Waals surface area contributed by atoms with Crippen LogP contribution in [0, 0.1) is 11.7 Å². The van der Waals surface area contributed by atoms with Gasteiger partial charge in [0.05, 0.1) is 5.92 Å². The van der Waals surface area contributed by atoms with Crippen molar-refractivity contribution in [2.24, 2.45) is 5.92 Å². The normalized spacial score (nSPS) is 25.2. The van der Waals surface area contributed by atoms with Gasteiger partial charge in [0.1, 0.15) is 5.82 Å². The zero-order valence-corrected chi connectivity index (χ0v) is 15.4. The number of nitrogens with one attached hydrogen (secondary N) is 2. The Kier molecular flexibility index (Phi) is 6.07. The molecule has 4 nitrogen and oxygen atoms in total. The number of nitrogens with zero attached hydrogens (tertiary/aromatic N) is 1. The smallest absolute Gasteiger partial charge is 0.227 e. The van der Waals surface area contributed by atoms with E-state index in [4.69, 9.17) is 0 Å². The van der Waals surface area contributed by atoms with E-state index in [9.17, 15) is 9.18 Å². The number of hydrogen-bond acceptors (Lipinski definition) is 3. The SMILES string of the molecule is CN[C@H](C)Cc1cccc(F)c1[C@@H]1CNCC1C(=O)N1CCCCC1. The van der Waals surface area contributed by atoms with E-state index in [0.717, 1.165) is 43.5 Å². The van der Waals surface area contributed by atoms with Crippen molar-refractivity contribution in [3.05, 3.63) is 35.1 Å². The summed E-state index contributed by atoms with van der Waals surface area (Å²) in [5.41, 5.74) is 1.76. The Morgan fingerprint density at radius 1 is 1.32 bits per heavy atom. The molecule has 0 saturated carbocycles. The van der Waals surface area contributed by atoms with E-state index >= 15 is 0 Å². The third-order valence-electron chi connectivity index (χ3n) is 5.73. The fourth-order valence-corrected chi connectivity index (χ4v) is 4.20. The van der Waals surface area contributed by atoms with Crippen LogP contribution in [-0.4, -0.2) is 50.1 Å². The van der Waals surface area contributed by atoms with Gasteiger partial charge in [0.2, 0.25) is 5.91 Å². The summed E-state index contributed by atoms with van der Waals surface area (Å²) in [5, 5.41) is 6.56. The van der Waals surface area contributed by atoms with E-state index in [1.807, 2.05) is 18.0 Å². The van der Waals surface area contributed by atoms with Gasteiger partial charge in [-0.15, -0.1) is 0 Å². The summed E-state index contributed by atoms with van der Waals surface area (Å²) in [4.78, 5) is 15.0. The van der Waals surface area contributed by atoms with Crippen LogP contribution in [0.5, 0.6) is 0 Å². The topological polar surface area (TPSA) is 44.4 Å². The number of halogens is 1. The van der Waals surface area contributed by atoms with Crippen LogP contribution >= 0.6 is 0 Å². The molecule has 1 amide bonds. The molecule has 2 fully saturated rings. The van der Waals surface area contributed by atoms with Crippen molar-refractivity contribution in [2.75, 3.05) is 33.2 Å². The van der Waals surface area contributed by atoms with Crippen LogP contribution in [0.25, 0.3) is 0 Å². The minimum Gasteiger partial charge on any atom is -0.342 e. The lowest BCUT2D eigenvalue weighted by molar-refractivity contribution is -0.136. The molecule has 2 heterocycles. The minimum atomic E-state index is -0.175. The zero-order valence-electron chi connectivity index (χ0n) is 15.4. The number of likely N-dealkylation sites (tertiary alicyclic amines) is 1. The maximum absolute atomic E-state index is 14.8. The van der Waals surface area contributed by atoms with Gasteiger partial charge in [0, 0.05) is 38.1 Å². The Bertz CT molecular complexity index is 601. The number of piperidine rings is 1. The molecular formula is C20H30FN3O. The Hall–Kier alpha value is -1.46. The van der Waals surface area contributed by atoms with Crippen molar-refractivity contribution in [2.45, 2.75) is 44.6 Å². The fourth-order valence-electron chi connectivity index (χ4n) is 4.20. The van der Waals surface area contributed by atoms with Crippen LogP contribution in [0.2, 0.25) is 0 Å². The van der Waals surface area contributed by atoms with Crippen LogP contribution in [0.15, 0.2) is 18.2 Å². The largest absolute Gasteiger partial charge is 0.342 e. The molecule has 3 rings (SSSR count). The quantitative estimate of drug-likeness (QED) is 0.859. The molecule has 138 valence electrons. The molecule has 1 aromatic carbocycles. The molecule has 2 aliphatic heterocycles. The standard InChI is InChI=1S/C20H30FN3O/c1-14(22-2)11-15-7-6-8-18(21)19(15)16-12-23-13-17(16)20(25)24-9-4-3-5-10-24/h6-8,14,16-17,22-23H,3-5,9-13H2,1-2H3/t14-,16-,17?/m1/s1. The molecular weight excluding hydrogens is 317 g/mol. The second kappa shape index (κ2) is 8.28. The molecule has 0 bridgehead atoms. The van der Waals surface area contributed by atoms with Gasteiger partial charge in [0.25, 0.3) is 0 Å². The lowest BCUT2D eigenvalue weighted by Gasteiger charge is -2.31. The van der Waals surface area contributed by atoms with Crippen molar-refractivity contribution >= 4 is 5.91 Å². The summed E-state index contributed by atoms with van der Waals surface area (Å²) in [6.45, 7) is 5.12. The molecule has 2 N–H and O–H groups in total. The Labute approximate surface area is 150 Å². The van der Waals surface area contributed by atoms with Gasteiger partial charge in [0.15, 0.2) is 0 Å². The predicted octanol–water partition coefficient (Wildman–Crippen LogP) is 2.29. The van der Waals surface area contributed by atoms with Crippen molar-refractivity contribution in [3.63, 3.8) is 0 Å². The van der Waals surface area contributed by atoms with Gasteiger partial charge >= 0.3 is 0 Å². The van der Waals surface area contributed by atoms with Gasteiger partial charge in [-0.25, -0.2) is 4.39 Å². The van der Waals surface area contributed by atoms with Gasteiger partial charge in [-0.3, -0.25) is 4.79 Å². The molecule has 2 aliphatic rings. The van der Waals surface area contributed by atoms with Crippen molar-refractivity contribution < 1.29 is 9.18 Å². The Morgan fingerprint density at radius 2 is 2.08 bits per heavy atom. The summed E-state index contributed by atoms with van der Waals surface area (Å²) in [6.07, 6.45) is 4.14. The van der Waals surface area contributed by atoms with Crippen molar-refractivity contribution in [3.8, 4) is 0 Å². The first kappa shape index (κ1) is 18.3. The van der Waals surface area contributed by atoms with E-state index in [1.165, 1.54) is 12.5 Å². The number of benzene rings is 1. The summed E-state index contributed by atoms with van der Waals surface area (Å²) < 4.78 is 14.8. The number of carbonyl (C=O) groups excluding carboxylic acids is 1. The highest BCUT2D eigenvalue weighted by Crippen LogP contribution is 2.34. The first-order valence-corrected chi connectivity index (χ1v) is 9.56. The maximum atomic E-state index is 14.8. The molecule has 0 aliphatic carbocycles. The van der Waals surface area contributed by atoms with E-state index in [1.54, 1.807) is 6.07 Å². The first-order chi connectivity index (χ1) is 12.1. The van der Waals surface area contributed by atoms with Gasteiger partial charge in [-0.2, -0.15) is 0 Å². The van der Waals surface area contributed by atoms with E-state index in [-0.39, 0.29) is 29.6 Å². The highest BCUT2D eigenvalue weighted by atomic mass is 19.1. The summed E-state index contributed by atoms with van der Waals surface area (Å²) in [6, 6.07) is 5.59. The van der Waals surface area contributed by atoms with Gasteiger partial charge in [-0.05, 0) is 56.8 Å². The highest BCUT2D eigenvalue weighted by Gasteiger charge is 2.38. The molecule has 5 heteroatoms. The molecule has 0 radical (unpaired) electrons. The number of amides is 1. The molecule has 1 unspecified atom stereocenters. The van der Waals surface area contributed by atoms with E-state index < -0.39 is 0 Å². The fraction of sp³-hybridized carbons (Fsp3) is 0.650. The maximum Gasteiger partial charge on any atom is 0.227 e. The number of likely N-dealkylation sites (N-methyl/N-ethyl adjacent to an activating group) is 1. The van der Waals surface area contributed by atoms with Crippen LogP contribution in [0.3, 0.4) is 0 Å². The summed E-state index contributed by atoms with van der Waals surface area (Å²) in [7, 11) is 1.92. The molecule has 0 spiro atoms. The average molecular weight is 347 g/mol. The molecule has 0 aromatic heterocycles. The number of rotatable bonds is 5. The number of carbonyl (C=O) groups is 1. The molecule has 3 atom stereocenters. The molecule has 1 aromatic rings. The van der Waals surface area contributed by atoms with Crippen molar-refractivity contribution in [1.29, 1.82) is 0 Å². The van der Waals surface area contributed by atoms with Crippen LogP contribution in [0.1, 0.15) is 43.2 Å².